The first kappa shape index (κ1) is 23.4. The van der Waals surface area contributed by atoms with E-state index in [2.05, 4.69) is 5.10 Å². The third-order valence-corrected chi connectivity index (χ3v) is 5.73. The molecule has 1 atom stereocenters. The zero-order chi connectivity index (χ0) is 24.2. The number of benzene rings is 1. The molecule has 34 heavy (non-hydrogen) atoms. The number of amides is 5. The van der Waals surface area contributed by atoms with Crippen LogP contribution in [-0.2, 0) is 19.1 Å². The summed E-state index contributed by atoms with van der Waals surface area (Å²) in [5.74, 6) is -2.02. The Hall–Kier alpha value is -3.79. The van der Waals surface area contributed by atoms with Gasteiger partial charge < -0.3 is 9.15 Å². The molecular weight excluding hydrogens is 440 g/mol. The third-order valence-electron chi connectivity index (χ3n) is 5.73. The molecule has 0 aliphatic carbocycles. The summed E-state index contributed by atoms with van der Waals surface area (Å²) in [6.07, 6.45) is 2.32. The van der Waals surface area contributed by atoms with E-state index in [0.717, 1.165) is 16.0 Å². The minimum atomic E-state index is -1.02. The molecule has 3 heterocycles. The van der Waals surface area contributed by atoms with Gasteiger partial charge in [-0.15, -0.1) is 0 Å². The lowest BCUT2D eigenvalue weighted by molar-refractivity contribution is -0.145. The molecule has 1 fully saturated rings. The van der Waals surface area contributed by atoms with Crippen LogP contribution in [0.15, 0.2) is 52.2 Å². The lowest BCUT2D eigenvalue weighted by Gasteiger charge is -2.22. The Kier molecular flexibility index (Phi) is 6.87. The summed E-state index contributed by atoms with van der Waals surface area (Å²) < 4.78 is 10.7. The number of nitrogens with zero attached hydrogens (tertiary/aromatic N) is 4. The minimum Gasteiger partial charge on any atom is -0.467 e. The molecule has 2 aliphatic heterocycles. The Bertz CT molecular complexity index is 1110. The third kappa shape index (κ3) is 4.62. The molecule has 178 valence electrons. The van der Waals surface area contributed by atoms with Crippen LogP contribution in [0, 0.1) is 6.92 Å². The second-order valence-corrected chi connectivity index (χ2v) is 8.07. The Labute approximate surface area is 196 Å². The van der Waals surface area contributed by atoms with Crippen molar-refractivity contribution in [1.82, 2.24) is 14.8 Å². The maximum Gasteiger partial charge on any atom is 0.334 e. The van der Waals surface area contributed by atoms with E-state index in [1.807, 2.05) is 38.1 Å². The van der Waals surface area contributed by atoms with Gasteiger partial charge in [-0.25, -0.2) is 14.7 Å². The average molecular weight is 466 g/mol. The number of aryl methyl sites for hydroxylation is 1. The second kappa shape index (κ2) is 10.0. The number of furan rings is 1. The predicted octanol–water partition coefficient (Wildman–Crippen LogP) is 2.48. The molecule has 1 aromatic heterocycles. The van der Waals surface area contributed by atoms with Gasteiger partial charge >= 0.3 is 17.8 Å². The number of ether oxygens (including phenoxy) is 1. The number of urea groups is 1. The number of carbonyl (C=O) groups is 4. The van der Waals surface area contributed by atoms with Crippen LogP contribution in [0.25, 0.3) is 0 Å². The van der Waals surface area contributed by atoms with E-state index in [4.69, 9.17) is 9.15 Å². The first-order valence-corrected chi connectivity index (χ1v) is 11.2. The van der Waals surface area contributed by atoms with Gasteiger partial charge in [0, 0.05) is 26.2 Å². The highest BCUT2D eigenvalue weighted by Gasteiger charge is 2.46. The van der Waals surface area contributed by atoms with Crippen LogP contribution >= 0.6 is 0 Å². The fourth-order valence-electron chi connectivity index (χ4n) is 3.93. The number of carbonyl (C=O) groups excluding carboxylic acids is 4. The lowest BCUT2D eigenvalue weighted by atomic mass is 10.0. The van der Waals surface area contributed by atoms with Crippen LogP contribution in [0.1, 0.15) is 42.7 Å². The van der Waals surface area contributed by atoms with Crippen molar-refractivity contribution in [3.8, 4) is 0 Å². The molecule has 0 saturated carbocycles. The summed E-state index contributed by atoms with van der Waals surface area (Å²) in [4.78, 5) is 52.2. The van der Waals surface area contributed by atoms with Gasteiger partial charge in [0.1, 0.15) is 18.3 Å². The molecule has 1 saturated heterocycles. The number of hydrogen-bond acceptors (Lipinski definition) is 7. The van der Waals surface area contributed by atoms with Gasteiger partial charge in [0.2, 0.25) is 0 Å². The number of imide groups is 2. The summed E-state index contributed by atoms with van der Waals surface area (Å²) in [6, 6.07) is 9.89. The first-order chi connectivity index (χ1) is 16.4. The maximum atomic E-state index is 13.2. The van der Waals surface area contributed by atoms with Crippen LogP contribution < -0.4 is 0 Å². The molecule has 0 unspecified atom stereocenters. The summed E-state index contributed by atoms with van der Waals surface area (Å²) in [7, 11) is 0. The smallest absolute Gasteiger partial charge is 0.334 e. The number of hydrogen-bond donors (Lipinski definition) is 0. The van der Waals surface area contributed by atoms with E-state index in [1.165, 1.54) is 11.3 Å². The Morgan fingerprint density at radius 1 is 1.12 bits per heavy atom. The molecule has 10 heteroatoms. The lowest BCUT2D eigenvalue weighted by Crippen LogP contribution is -2.42. The van der Waals surface area contributed by atoms with Crippen molar-refractivity contribution in [1.29, 1.82) is 0 Å². The topological polar surface area (TPSA) is 113 Å². The standard InChI is InChI=1S/C24H26N4O6/c1-3-33-12-5-11-26-22(30)23(31)27(24(26)32)15-21(29)28-19(20-6-4-13-34-20)14-18(25-28)17-9-7-16(2)8-10-17/h4,6-10,13,19H,3,5,11-12,14-15H2,1-2H3/t19-/m1/s1. The van der Waals surface area contributed by atoms with E-state index in [-0.39, 0.29) is 6.54 Å². The zero-order valence-corrected chi connectivity index (χ0v) is 19.1. The van der Waals surface area contributed by atoms with E-state index in [1.54, 1.807) is 12.1 Å². The van der Waals surface area contributed by atoms with E-state index < -0.39 is 36.3 Å². The van der Waals surface area contributed by atoms with Crippen LogP contribution in [0.5, 0.6) is 0 Å². The van der Waals surface area contributed by atoms with Crippen molar-refractivity contribution in [3.63, 3.8) is 0 Å². The predicted molar refractivity (Wildman–Crippen MR) is 121 cm³/mol. The monoisotopic (exact) mass is 466 g/mol. The Balaban J connectivity index is 1.51. The van der Waals surface area contributed by atoms with E-state index in [9.17, 15) is 19.2 Å². The van der Waals surface area contributed by atoms with Gasteiger partial charge in [0.05, 0.1) is 12.0 Å². The molecule has 2 aromatic rings. The Morgan fingerprint density at radius 2 is 1.85 bits per heavy atom. The van der Waals surface area contributed by atoms with Gasteiger partial charge in [0.15, 0.2) is 0 Å². The molecule has 2 aliphatic rings. The number of hydrazone groups is 1. The highest BCUT2D eigenvalue weighted by Crippen LogP contribution is 2.33. The van der Waals surface area contributed by atoms with Crippen molar-refractivity contribution < 1.29 is 28.3 Å². The second-order valence-electron chi connectivity index (χ2n) is 8.07. The fraction of sp³-hybridized carbons (Fsp3) is 0.375. The number of rotatable bonds is 9. The summed E-state index contributed by atoms with van der Waals surface area (Å²) in [5, 5.41) is 5.73. The molecule has 10 nitrogen and oxygen atoms in total. The fourth-order valence-corrected chi connectivity index (χ4v) is 3.93. The Morgan fingerprint density at radius 3 is 2.53 bits per heavy atom. The van der Waals surface area contributed by atoms with Gasteiger partial charge in [-0.3, -0.25) is 19.3 Å². The quantitative estimate of drug-likeness (QED) is 0.319. The highest BCUT2D eigenvalue weighted by molar-refractivity contribution is 6.45. The molecular formula is C24H26N4O6. The first-order valence-electron chi connectivity index (χ1n) is 11.2. The molecule has 0 radical (unpaired) electrons. The van der Waals surface area contributed by atoms with Crippen LogP contribution in [0.2, 0.25) is 0 Å². The van der Waals surface area contributed by atoms with Gasteiger partial charge in [0.25, 0.3) is 5.91 Å². The molecule has 0 bridgehead atoms. The minimum absolute atomic E-state index is 0.0442. The van der Waals surface area contributed by atoms with Crippen molar-refractivity contribution in [2.45, 2.75) is 32.7 Å². The normalized spacial score (nSPS) is 18.3. The maximum absolute atomic E-state index is 13.2. The largest absolute Gasteiger partial charge is 0.467 e. The van der Waals surface area contributed by atoms with Crippen LogP contribution in [0.4, 0.5) is 4.79 Å². The summed E-state index contributed by atoms with van der Waals surface area (Å²) >= 11 is 0. The van der Waals surface area contributed by atoms with Crippen molar-refractivity contribution in [3.05, 3.63) is 59.5 Å². The molecule has 0 spiro atoms. The van der Waals surface area contributed by atoms with Gasteiger partial charge in [-0.2, -0.15) is 5.10 Å². The summed E-state index contributed by atoms with van der Waals surface area (Å²) in [5.41, 5.74) is 2.64. The van der Waals surface area contributed by atoms with E-state index in [0.29, 0.717) is 42.4 Å². The van der Waals surface area contributed by atoms with Crippen molar-refractivity contribution >= 4 is 29.5 Å². The van der Waals surface area contributed by atoms with Gasteiger partial charge in [-0.1, -0.05) is 29.8 Å². The zero-order valence-electron chi connectivity index (χ0n) is 19.1. The highest BCUT2D eigenvalue weighted by atomic mass is 16.5. The molecule has 5 amide bonds. The van der Waals surface area contributed by atoms with Gasteiger partial charge in [-0.05, 0) is 38.0 Å². The SMILES string of the molecule is CCOCCCN1C(=O)C(=O)N(CC(=O)N2N=C(c3ccc(C)cc3)C[C@@H]2c2ccco2)C1=O. The van der Waals surface area contributed by atoms with Crippen molar-refractivity contribution in [2.75, 3.05) is 26.3 Å². The van der Waals surface area contributed by atoms with Crippen LogP contribution in [0.3, 0.4) is 0 Å². The molecule has 1 aromatic carbocycles. The molecule has 4 rings (SSSR count). The average Bonchev–Trinajstić information content (AvgIpc) is 3.55. The van der Waals surface area contributed by atoms with Crippen LogP contribution in [-0.4, -0.2) is 70.6 Å². The molecule has 0 N–H and O–H groups in total. The van der Waals surface area contributed by atoms with Crippen molar-refractivity contribution in [2.24, 2.45) is 5.10 Å². The van der Waals surface area contributed by atoms with E-state index >= 15 is 0 Å². The summed E-state index contributed by atoms with van der Waals surface area (Å²) in [6.45, 7) is 4.14.